The smallest absolute Gasteiger partial charge is 0.246 e. The molecule has 108 valence electrons. The molecule has 1 N–H and O–H groups in total. The fraction of sp³-hybridized carbons (Fsp3) is 0.200. The SMILES string of the molecule is CCOc1ccccc1NCc1nc(-c2ccsc2)no1. The topological polar surface area (TPSA) is 60.2 Å². The number of nitrogens with one attached hydrogen (secondary N) is 1. The Kier molecular flexibility index (Phi) is 4.16. The van der Waals surface area contributed by atoms with E-state index in [0.29, 0.717) is 24.9 Å². The fourth-order valence-corrected chi connectivity index (χ4v) is 2.53. The number of nitrogens with zero attached hydrogens (tertiary/aromatic N) is 2. The lowest BCUT2D eigenvalue weighted by atomic mass is 10.3. The highest BCUT2D eigenvalue weighted by Crippen LogP contribution is 2.24. The highest BCUT2D eigenvalue weighted by atomic mass is 32.1. The maximum absolute atomic E-state index is 5.56. The Morgan fingerprint density at radius 1 is 1.29 bits per heavy atom. The summed E-state index contributed by atoms with van der Waals surface area (Å²) < 4.78 is 10.8. The first-order valence-electron chi connectivity index (χ1n) is 6.67. The molecule has 0 aliphatic carbocycles. The molecule has 0 spiro atoms. The molecule has 0 fully saturated rings. The summed E-state index contributed by atoms with van der Waals surface area (Å²) >= 11 is 1.61. The van der Waals surface area contributed by atoms with Gasteiger partial charge in [0.2, 0.25) is 11.7 Å². The summed E-state index contributed by atoms with van der Waals surface area (Å²) in [6, 6.07) is 9.75. The summed E-state index contributed by atoms with van der Waals surface area (Å²) in [5.41, 5.74) is 1.89. The second-order valence-corrected chi connectivity index (χ2v) is 5.09. The van der Waals surface area contributed by atoms with E-state index in [0.717, 1.165) is 17.0 Å². The molecule has 5 nitrogen and oxygen atoms in total. The highest BCUT2D eigenvalue weighted by molar-refractivity contribution is 7.08. The number of anilines is 1. The molecule has 0 aliphatic heterocycles. The van der Waals surface area contributed by atoms with Gasteiger partial charge in [-0.15, -0.1) is 0 Å². The number of hydrogen-bond donors (Lipinski definition) is 1. The largest absolute Gasteiger partial charge is 0.492 e. The van der Waals surface area contributed by atoms with E-state index in [1.54, 1.807) is 11.3 Å². The highest BCUT2D eigenvalue weighted by Gasteiger charge is 2.09. The summed E-state index contributed by atoms with van der Waals surface area (Å²) in [7, 11) is 0. The second-order valence-electron chi connectivity index (χ2n) is 4.31. The third kappa shape index (κ3) is 3.22. The number of para-hydroxylation sites is 2. The zero-order valence-electron chi connectivity index (χ0n) is 11.6. The number of rotatable bonds is 6. The summed E-state index contributed by atoms with van der Waals surface area (Å²) in [5.74, 6) is 1.98. The van der Waals surface area contributed by atoms with Crippen molar-refractivity contribution in [3.8, 4) is 17.1 Å². The molecule has 0 radical (unpaired) electrons. The lowest BCUT2D eigenvalue weighted by Crippen LogP contribution is -2.02. The van der Waals surface area contributed by atoms with E-state index in [1.807, 2.05) is 48.0 Å². The van der Waals surface area contributed by atoms with Gasteiger partial charge in [-0.2, -0.15) is 16.3 Å². The van der Waals surface area contributed by atoms with Crippen molar-refractivity contribution >= 4 is 17.0 Å². The molecule has 0 bridgehead atoms. The number of benzene rings is 1. The van der Waals surface area contributed by atoms with Crippen molar-refractivity contribution in [1.29, 1.82) is 0 Å². The molecule has 3 rings (SSSR count). The minimum absolute atomic E-state index is 0.460. The molecule has 1 aromatic carbocycles. The van der Waals surface area contributed by atoms with Crippen LogP contribution in [-0.2, 0) is 6.54 Å². The van der Waals surface area contributed by atoms with Crippen LogP contribution >= 0.6 is 11.3 Å². The van der Waals surface area contributed by atoms with Crippen molar-refractivity contribution in [3.05, 3.63) is 47.0 Å². The summed E-state index contributed by atoms with van der Waals surface area (Å²) in [5, 5.41) is 11.2. The minimum atomic E-state index is 0.460. The van der Waals surface area contributed by atoms with E-state index in [1.165, 1.54) is 0 Å². The van der Waals surface area contributed by atoms with Gasteiger partial charge in [-0.3, -0.25) is 0 Å². The van der Waals surface area contributed by atoms with E-state index in [9.17, 15) is 0 Å². The molecule has 6 heteroatoms. The third-order valence-electron chi connectivity index (χ3n) is 2.86. The van der Waals surface area contributed by atoms with E-state index in [-0.39, 0.29) is 0 Å². The van der Waals surface area contributed by atoms with Gasteiger partial charge >= 0.3 is 0 Å². The zero-order valence-corrected chi connectivity index (χ0v) is 12.4. The molecule has 2 aromatic heterocycles. The van der Waals surface area contributed by atoms with E-state index >= 15 is 0 Å². The first kappa shape index (κ1) is 13.6. The van der Waals surface area contributed by atoms with Gasteiger partial charge in [-0.25, -0.2) is 0 Å². The van der Waals surface area contributed by atoms with Crippen molar-refractivity contribution in [1.82, 2.24) is 10.1 Å². The van der Waals surface area contributed by atoms with E-state index < -0.39 is 0 Å². The lowest BCUT2D eigenvalue weighted by molar-refractivity contribution is 0.341. The van der Waals surface area contributed by atoms with E-state index in [2.05, 4.69) is 15.5 Å². The van der Waals surface area contributed by atoms with Crippen LogP contribution in [0.25, 0.3) is 11.4 Å². The van der Waals surface area contributed by atoms with Gasteiger partial charge in [0.05, 0.1) is 18.8 Å². The minimum Gasteiger partial charge on any atom is -0.492 e. The van der Waals surface area contributed by atoms with Crippen molar-refractivity contribution in [2.75, 3.05) is 11.9 Å². The molecule has 3 aromatic rings. The molecule has 0 saturated heterocycles. The third-order valence-corrected chi connectivity index (χ3v) is 3.55. The predicted octanol–water partition coefficient (Wildman–Crippen LogP) is 3.81. The van der Waals surface area contributed by atoms with Gasteiger partial charge in [0.15, 0.2) is 0 Å². The van der Waals surface area contributed by atoms with Gasteiger partial charge in [0.1, 0.15) is 5.75 Å². The second kappa shape index (κ2) is 6.41. The molecule has 0 saturated carbocycles. The summed E-state index contributed by atoms with van der Waals surface area (Å²) in [6.07, 6.45) is 0. The van der Waals surface area contributed by atoms with Crippen LogP contribution in [0.4, 0.5) is 5.69 Å². The van der Waals surface area contributed by atoms with Crippen molar-refractivity contribution in [2.45, 2.75) is 13.5 Å². The van der Waals surface area contributed by atoms with Gasteiger partial charge in [-0.1, -0.05) is 17.3 Å². The Hall–Kier alpha value is -2.34. The molecule has 0 aliphatic rings. The van der Waals surface area contributed by atoms with Gasteiger partial charge in [0, 0.05) is 10.9 Å². The van der Waals surface area contributed by atoms with Crippen LogP contribution in [0, 0.1) is 0 Å². The Morgan fingerprint density at radius 3 is 3.00 bits per heavy atom. The van der Waals surface area contributed by atoms with Gasteiger partial charge in [0.25, 0.3) is 0 Å². The van der Waals surface area contributed by atoms with Crippen LogP contribution in [0.5, 0.6) is 5.75 Å². The van der Waals surface area contributed by atoms with Crippen LogP contribution in [0.2, 0.25) is 0 Å². The first-order valence-corrected chi connectivity index (χ1v) is 7.62. The molecule has 2 heterocycles. The lowest BCUT2D eigenvalue weighted by Gasteiger charge is -2.10. The quantitative estimate of drug-likeness (QED) is 0.750. The maximum atomic E-state index is 5.56. The van der Waals surface area contributed by atoms with Crippen molar-refractivity contribution in [2.24, 2.45) is 0 Å². The van der Waals surface area contributed by atoms with Crippen LogP contribution in [0.1, 0.15) is 12.8 Å². The van der Waals surface area contributed by atoms with Crippen LogP contribution in [-0.4, -0.2) is 16.7 Å². The Morgan fingerprint density at radius 2 is 2.19 bits per heavy atom. The standard InChI is InChI=1S/C15H15N3O2S/c1-2-19-13-6-4-3-5-12(13)16-9-14-17-15(18-20-14)11-7-8-21-10-11/h3-8,10,16H,2,9H2,1H3. The molecule has 21 heavy (non-hydrogen) atoms. The average Bonchev–Trinajstić information content (AvgIpc) is 3.18. The molecule has 0 atom stereocenters. The normalized spacial score (nSPS) is 10.5. The van der Waals surface area contributed by atoms with Crippen LogP contribution < -0.4 is 10.1 Å². The average molecular weight is 301 g/mol. The Balaban J connectivity index is 1.68. The Bertz CT molecular complexity index is 695. The monoisotopic (exact) mass is 301 g/mol. The maximum Gasteiger partial charge on any atom is 0.246 e. The van der Waals surface area contributed by atoms with Gasteiger partial charge < -0.3 is 14.6 Å². The number of aromatic nitrogens is 2. The summed E-state index contributed by atoms with van der Waals surface area (Å²) in [6.45, 7) is 3.05. The number of ether oxygens (including phenoxy) is 1. The molecule has 0 unspecified atom stereocenters. The van der Waals surface area contributed by atoms with Crippen LogP contribution in [0.15, 0.2) is 45.6 Å². The van der Waals surface area contributed by atoms with Gasteiger partial charge in [-0.05, 0) is 30.5 Å². The zero-order chi connectivity index (χ0) is 14.5. The predicted molar refractivity (Wildman–Crippen MR) is 82.5 cm³/mol. The van der Waals surface area contributed by atoms with Crippen molar-refractivity contribution in [3.63, 3.8) is 0 Å². The van der Waals surface area contributed by atoms with Crippen LogP contribution in [0.3, 0.4) is 0 Å². The molecule has 0 amide bonds. The Labute approximate surface area is 126 Å². The fourth-order valence-electron chi connectivity index (χ4n) is 1.90. The molecular weight excluding hydrogens is 286 g/mol. The number of hydrogen-bond acceptors (Lipinski definition) is 6. The molecular formula is C15H15N3O2S. The van der Waals surface area contributed by atoms with Crippen molar-refractivity contribution < 1.29 is 9.26 Å². The van der Waals surface area contributed by atoms with E-state index in [4.69, 9.17) is 9.26 Å². The number of thiophene rings is 1. The summed E-state index contributed by atoms with van der Waals surface area (Å²) in [4.78, 5) is 4.37. The first-order chi connectivity index (χ1) is 10.4.